The molecule has 0 saturated carbocycles. The highest BCUT2D eigenvalue weighted by Crippen LogP contribution is 2.33. The van der Waals surface area contributed by atoms with Gasteiger partial charge in [0.2, 0.25) is 0 Å². The number of unbranched alkanes of at least 4 members (excludes halogenated alkanes) is 5. The quantitative estimate of drug-likeness (QED) is 0.545. The van der Waals surface area contributed by atoms with Crippen molar-refractivity contribution in [3.63, 3.8) is 0 Å². The van der Waals surface area contributed by atoms with Gasteiger partial charge >= 0.3 is 0 Å². The average Bonchev–Trinajstić information content (AvgIpc) is 2.44. The molecule has 1 nitrogen and oxygen atoms in total. The molecule has 0 N–H and O–H groups in total. The van der Waals surface area contributed by atoms with Gasteiger partial charge in [0, 0.05) is 4.47 Å². The van der Waals surface area contributed by atoms with E-state index >= 15 is 0 Å². The summed E-state index contributed by atoms with van der Waals surface area (Å²) in [6.07, 6.45) is 9.31. The zero-order valence-electron chi connectivity index (χ0n) is 12.5. The van der Waals surface area contributed by atoms with Crippen LogP contribution in [0.5, 0.6) is 0 Å². The first-order valence-corrected chi connectivity index (χ1v) is 8.61. The van der Waals surface area contributed by atoms with E-state index in [4.69, 9.17) is 4.74 Å². The molecule has 1 atom stereocenters. The number of hydrogen-bond acceptors (Lipinski definition) is 1. The molecule has 1 aliphatic heterocycles. The topological polar surface area (TPSA) is 9.23 Å². The van der Waals surface area contributed by atoms with E-state index in [1.807, 2.05) is 0 Å². The Morgan fingerprint density at radius 3 is 2.75 bits per heavy atom. The van der Waals surface area contributed by atoms with Crippen molar-refractivity contribution in [1.82, 2.24) is 0 Å². The zero-order valence-corrected chi connectivity index (χ0v) is 14.0. The molecule has 0 spiro atoms. The Morgan fingerprint density at radius 2 is 1.95 bits per heavy atom. The first-order valence-electron chi connectivity index (χ1n) is 7.81. The second kappa shape index (κ2) is 7.99. The normalized spacial score (nSPS) is 18.1. The molecule has 0 aliphatic carbocycles. The fourth-order valence-electron chi connectivity index (χ4n) is 2.83. The summed E-state index contributed by atoms with van der Waals surface area (Å²) in [4.78, 5) is 0. The highest BCUT2D eigenvalue weighted by molar-refractivity contribution is 9.10. The minimum Gasteiger partial charge on any atom is -0.369 e. The summed E-state index contributed by atoms with van der Waals surface area (Å²) in [6, 6.07) is 6.40. The Kier molecular flexibility index (Phi) is 6.31. The maximum Gasteiger partial charge on any atom is 0.0829 e. The lowest BCUT2D eigenvalue weighted by Gasteiger charge is -2.28. The van der Waals surface area contributed by atoms with Crippen molar-refractivity contribution in [2.45, 2.75) is 64.6 Å². The fraction of sp³-hybridized carbons (Fsp3) is 0.556. The van der Waals surface area contributed by atoms with Crippen LogP contribution in [0.2, 0.25) is 0 Å². The van der Waals surface area contributed by atoms with Crippen LogP contribution in [0.15, 0.2) is 29.3 Å². The van der Waals surface area contributed by atoms with Gasteiger partial charge in [-0.2, -0.15) is 0 Å². The molecule has 110 valence electrons. The molecule has 1 aromatic rings. The van der Waals surface area contributed by atoms with Crippen LogP contribution >= 0.6 is 15.9 Å². The summed E-state index contributed by atoms with van der Waals surface area (Å²) in [7, 11) is 0. The smallest absolute Gasteiger partial charge is 0.0829 e. The maximum atomic E-state index is 5.98. The van der Waals surface area contributed by atoms with Gasteiger partial charge in [0.25, 0.3) is 0 Å². The van der Waals surface area contributed by atoms with Crippen molar-refractivity contribution in [2.24, 2.45) is 0 Å². The number of fused-ring (bicyclic) bond motifs is 1. The third-order valence-corrected chi connectivity index (χ3v) is 4.56. The summed E-state index contributed by atoms with van der Waals surface area (Å²) in [5, 5.41) is 0. The van der Waals surface area contributed by atoms with Crippen LogP contribution in [0, 0.1) is 0 Å². The number of rotatable bonds is 7. The molecule has 2 heteroatoms. The van der Waals surface area contributed by atoms with E-state index in [9.17, 15) is 0 Å². The lowest BCUT2D eigenvalue weighted by atomic mass is 9.92. The Morgan fingerprint density at radius 1 is 1.20 bits per heavy atom. The lowest BCUT2D eigenvalue weighted by Crippen LogP contribution is -2.20. The Balaban J connectivity index is 1.80. The first kappa shape index (κ1) is 15.8. The van der Waals surface area contributed by atoms with Gasteiger partial charge in [-0.05, 0) is 35.3 Å². The molecule has 20 heavy (non-hydrogen) atoms. The molecular weight excluding hydrogens is 312 g/mol. The van der Waals surface area contributed by atoms with E-state index in [0.717, 1.165) is 16.5 Å². The van der Waals surface area contributed by atoms with E-state index in [2.05, 4.69) is 47.6 Å². The molecule has 1 unspecified atom stereocenters. The summed E-state index contributed by atoms with van der Waals surface area (Å²) in [6.45, 7) is 7.23. The molecule has 1 heterocycles. The number of hydrogen-bond donors (Lipinski definition) is 0. The van der Waals surface area contributed by atoms with Gasteiger partial charge in [0.15, 0.2) is 0 Å². The van der Waals surface area contributed by atoms with Crippen LogP contribution in [-0.4, -0.2) is 6.10 Å². The number of halogens is 1. The SMILES string of the molecule is C=C1c2ccc(Br)cc2COC1CCCCCCCC. The van der Waals surface area contributed by atoms with Crippen LogP contribution in [0.4, 0.5) is 0 Å². The van der Waals surface area contributed by atoms with Crippen LogP contribution in [0.3, 0.4) is 0 Å². The number of benzene rings is 1. The van der Waals surface area contributed by atoms with E-state index in [0.29, 0.717) is 6.61 Å². The summed E-state index contributed by atoms with van der Waals surface area (Å²) < 4.78 is 7.09. The van der Waals surface area contributed by atoms with Crippen molar-refractivity contribution in [3.05, 3.63) is 40.4 Å². The zero-order chi connectivity index (χ0) is 14.4. The molecule has 0 fully saturated rings. The van der Waals surface area contributed by atoms with E-state index in [1.165, 1.54) is 49.7 Å². The third-order valence-electron chi connectivity index (χ3n) is 4.06. The van der Waals surface area contributed by atoms with Crippen molar-refractivity contribution in [3.8, 4) is 0 Å². The maximum absolute atomic E-state index is 5.98. The van der Waals surface area contributed by atoms with Crippen molar-refractivity contribution in [2.75, 3.05) is 0 Å². The Labute approximate surface area is 131 Å². The first-order chi connectivity index (χ1) is 9.72. The van der Waals surface area contributed by atoms with Gasteiger partial charge in [0.05, 0.1) is 12.7 Å². The molecule has 1 aromatic carbocycles. The lowest BCUT2D eigenvalue weighted by molar-refractivity contribution is 0.0643. The summed E-state index contributed by atoms with van der Waals surface area (Å²) in [5.41, 5.74) is 3.70. The van der Waals surface area contributed by atoms with Gasteiger partial charge in [-0.3, -0.25) is 0 Å². The van der Waals surface area contributed by atoms with Gasteiger partial charge < -0.3 is 4.74 Å². The molecule has 0 amide bonds. The largest absolute Gasteiger partial charge is 0.369 e. The van der Waals surface area contributed by atoms with Crippen LogP contribution in [-0.2, 0) is 11.3 Å². The average molecular weight is 337 g/mol. The monoisotopic (exact) mass is 336 g/mol. The summed E-state index contributed by atoms with van der Waals surface area (Å²) in [5.74, 6) is 0. The molecule has 2 rings (SSSR count). The van der Waals surface area contributed by atoms with Crippen molar-refractivity contribution in [1.29, 1.82) is 0 Å². The predicted octanol–water partition coefficient (Wildman–Crippen LogP) is 6.11. The van der Waals surface area contributed by atoms with Gasteiger partial charge in [0.1, 0.15) is 0 Å². The van der Waals surface area contributed by atoms with E-state index in [1.54, 1.807) is 0 Å². The minimum absolute atomic E-state index is 0.217. The van der Waals surface area contributed by atoms with Gasteiger partial charge in [-0.25, -0.2) is 0 Å². The second-order valence-electron chi connectivity index (χ2n) is 5.68. The van der Waals surface area contributed by atoms with Gasteiger partial charge in [-0.15, -0.1) is 0 Å². The van der Waals surface area contributed by atoms with Crippen LogP contribution < -0.4 is 0 Å². The highest BCUT2D eigenvalue weighted by Gasteiger charge is 2.22. The standard InChI is InChI=1S/C18H25BrO/c1-3-4-5-6-7-8-9-18-14(2)17-11-10-16(19)12-15(17)13-20-18/h10-12,18H,2-9,13H2,1H3. The molecule has 0 bridgehead atoms. The van der Waals surface area contributed by atoms with E-state index < -0.39 is 0 Å². The van der Waals surface area contributed by atoms with Crippen molar-refractivity contribution >= 4 is 21.5 Å². The minimum atomic E-state index is 0.217. The van der Waals surface area contributed by atoms with Crippen LogP contribution in [0.25, 0.3) is 5.57 Å². The number of ether oxygens (including phenoxy) is 1. The molecule has 0 saturated heterocycles. The Bertz CT molecular complexity index is 453. The third kappa shape index (κ3) is 4.20. The molecule has 0 aromatic heterocycles. The second-order valence-corrected chi connectivity index (χ2v) is 6.60. The van der Waals surface area contributed by atoms with Crippen molar-refractivity contribution < 1.29 is 4.74 Å². The predicted molar refractivity (Wildman–Crippen MR) is 89.7 cm³/mol. The van der Waals surface area contributed by atoms with E-state index in [-0.39, 0.29) is 6.10 Å². The molecular formula is C18H25BrO. The van der Waals surface area contributed by atoms with Gasteiger partial charge in [-0.1, -0.05) is 74.0 Å². The fourth-order valence-corrected chi connectivity index (χ4v) is 3.24. The highest BCUT2D eigenvalue weighted by atomic mass is 79.9. The van der Waals surface area contributed by atoms with Crippen LogP contribution in [0.1, 0.15) is 63.0 Å². The molecule has 0 radical (unpaired) electrons. The molecule has 1 aliphatic rings. The Hall–Kier alpha value is -0.600. The summed E-state index contributed by atoms with van der Waals surface area (Å²) >= 11 is 3.51.